The van der Waals surface area contributed by atoms with Gasteiger partial charge in [-0.3, -0.25) is 4.79 Å². The normalized spacial score (nSPS) is 11.9. The average molecular weight is 303 g/mol. The van der Waals surface area contributed by atoms with E-state index in [0.717, 1.165) is 5.69 Å². The summed E-state index contributed by atoms with van der Waals surface area (Å²) in [5, 5.41) is 3.10. The number of esters is 1. The van der Waals surface area contributed by atoms with Crippen LogP contribution in [0.15, 0.2) is 18.2 Å². The third kappa shape index (κ3) is 4.70. The minimum Gasteiger partial charge on any atom is -0.481 e. The molecule has 0 amide bonds. The summed E-state index contributed by atoms with van der Waals surface area (Å²) in [6, 6.07) is 5.54. The maximum Gasteiger partial charge on any atom is 0.320 e. The van der Waals surface area contributed by atoms with Crippen LogP contribution in [0.4, 0.5) is 0 Å². The molecule has 5 nitrogen and oxygen atoms in total. The summed E-state index contributed by atoms with van der Waals surface area (Å²) in [6.45, 7) is 1.04. The molecular formula is C11H15BrN2O3. The number of carbonyl (C=O) groups excluding carboxylic acids is 1. The summed E-state index contributed by atoms with van der Waals surface area (Å²) < 4.78 is 9.61. The van der Waals surface area contributed by atoms with Crippen LogP contribution in [0.1, 0.15) is 5.69 Å². The fraction of sp³-hybridized carbons (Fsp3) is 0.455. The van der Waals surface area contributed by atoms with Crippen LogP contribution in [0.25, 0.3) is 0 Å². The van der Waals surface area contributed by atoms with Gasteiger partial charge in [-0.25, -0.2) is 4.98 Å². The Labute approximate surface area is 109 Å². The summed E-state index contributed by atoms with van der Waals surface area (Å²) in [4.78, 5) is 15.0. The van der Waals surface area contributed by atoms with Crippen LogP contribution in [0.2, 0.25) is 0 Å². The highest BCUT2D eigenvalue weighted by Gasteiger charge is 2.14. The number of ether oxygens (including phenoxy) is 2. The van der Waals surface area contributed by atoms with E-state index in [9.17, 15) is 4.79 Å². The molecule has 1 heterocycles. The van der Waals surface area contributed by atoms with Crippen LogP contribution in [-0.4, -0.2) is 36.5 Å². The first-order chi connectivity index (χ1) is 8.17. The van der Waals surface area contributed by atoms with Crippen molar-refractivity contribution in [2.24, 2.45) is 0 Å². The Morgan fingerprint density at radius 3 is 2.94 bits per heavy atom. The molecule has 0 aliphatic rings. The van der Waals surface area contributed by atoms with Crippen LogP contribution >= 0.6 is 15.9 Å². The summed E-state index contributed by atoms with van der Waals surface area (Å²) in [5.41, 5.74) is 0.855. The van der Waals surface area contributed by atoms with E-state index in [-0.39, 0.29) is 10.8 Å². The topological polar surface area (TPSA) is 60.5 Å². The SMILES string of the molecule is COC(=O)C(Br)CNCc1cccc(OC)n1. The van der Waals surface area contributed by atoms with E-state index < -0.39 is 0 Å². The van der Waals surface area contributed by atoms with Crippen molar-refractivity contribution in [3.8, 4) is 5.88 Å². The Bertz CT molecular complexity index is 373. The predicted molar refractivity (Wildman–Crippen MR) is 67.2 cm³/mol. The number of hydrogen-bond acceptors (Lipinski definition) is 5. The van der Waals surface area contributed by atoms with Gasteiger partial charge in [0.2, 0.25) is 5.88 Å². The van der Waals surface area contributed by atoms with E-state index in [1.807, 2.05) is 12.1 Å². The highest BCUT2D eigenvalue weighted by Crippen LogP contribution is 2.06. The zero-order valence-corrected chi connectivity index (χ0v) is 11.4. The predicted octanol–water partition coefficient (Wildman–Crippen LogP) is 1.12. The van der Waals surface area contributed by atoms with E-state index in [0.29, 0.717) is 19.0 Å². The number of hydrogen-bond donors (Lipinski definition) is 1. The summed E-state index contributed by atoms with van der Waals surface area (Å²) in [5.74, 6) is 0.281. The van der Waals surface area contributed by atoms with E-state index in [1.165, 1.54) is 7.11 Å². The minimum atomic E-state index is -0.349. The lowest BCUT2D eigenvalue weighted by atomic mass is 10.3. The second-order valence-electron chi connectivity index (χ2n) is 3.29. The molecule has 6 heteroatoms. The highest BCUT2D eigenvalue weighted by atomic mass is 79.9. The minimum absolute atomic E-state index is 0.295. The Morgan fingerprint density at radius 1 is 1.53 bits per heavy atom. The standard InChI is InChI=1S/C11H15BrN2O3/c1-16-10-5-3-4-8(14-10)6-13-7-9(12)11(15)17-2/h3-5,9,13H,6-7H2,1-2H3. The largest absolute Gasteiger partial charge is 0.481 e. The maximum atomic E-state index is 11.1. The van der Waals surface area contributed by atoms with Crippen LogP contribution in [0.5, 0.6) is 5.88 Å². The van der Waals surface area contributed by atoms with Gasteiger partial charge in [-0.2, -0.15) is 0 Å². The lowest BCUT2D eigenvalue weighted by molar-refractivity contribution is -0.139. The third-order valence-corrected chi connectivity index (χ3v) is 2.77. The monoisotopic (exact) mass is 302 g/mol. The molecule has 1 aromatic rings. The molecule has 0 fully saturated rings. The second-order valence-corrected chi connectivity index (χ2v) is 4.40. The van der Waals surface area contributed by atoms with Crippen molar-refractivity contribution in [3.05, 3.63) is 23.9 Å². The molecule has 0 aliphatic heterocycles. The van der Waals surface area contributed by atoms with E-state index in [1.54, 1.807) is 13.2 Å². The first-order valence-electron chi connectivity index (χ1n) is 5.10. The van der Waals surface area contributed by atoms with Crippen LogP contribution in [0, 0.1) is 0 Å². The van der Waals surface area contributed by atoms with Crippen molar-refractivity contribution in [3.63, 3.8) is 0 Å². The van der Waals surface area contributed by atoms with Gasteiger partial charge in [0.05, 0.1) is 19.9 Å². The Hall–Kier alpha value is -1.14. The van der Waals surface area contributed by atoms with Crippen molar-refractivity contribution in [2.45, 2.75) is 11.4 Å². The molecule has 1 N–H and O–H groups in total. The highest BCUT2D eigenvalue weighted by molar-refractivity contribution is 9.10. The van der Waals surface area contributed by atoms with Crippen molar-refractivity contribution in [2.75, 3.05) is 20.8 Å². The molecule has 0 spiro atoms. The fourth-order valence-electron chi connectivity index (χ4n) is 1.21. The first kappa shape index (κ1) is 13.9. The van der Waals surface area contributed by atoms with Gasteiger partial charge in [-0.15, -0.1) is 0 Å². The van der Waals surface area contributed by atoms with E-state index >= 15 is 0 Å². The number of methoxy groups -OCH3 is 2. The van der Waals surface area contributed by atoms with E-state index in [2.05, 4.69) is 31.0 Å². The summed E-state index contributed by atoms with van der Waals surface area (Å²) >= 11 is 3.22. The number of halogens is 1. The molecule has 0 aliphatic carbocycles. The van der Waals surface area contributed by atoms with E-state index in [4.69, 9.17) is 4.74 Å². The molecule has 1 rings (SSSR count). The maximum absolute atomic E-state index is 11.1. The summed E-state index contributed by atoms with van der Waals surface area (Å²) in [6.07, 6.45) is 0. The number of aromatic nitrogens is 1. The summed E-state index contributed by atoms with van der Waals surface area (Å²) in [7, 11) is 2.94. The first-order valence-corrected chi connectivity index (χ1v) is 6.01. The Balaban J connectivity index is 2.37. The Morgan fingerprint density at radius 2 is 2.29 bits per heavy atom. The van der Waals surface area contributed by atoms with Crippen LogP contribution < -0.4 is 10.1 Å². The van der Waals surface area contributed by atoms with Gasteiger partial charge in [0.25, 0.3) is 0 Å². The van der Waals surface area contributed by atoms with Crippen LogP contribution in [-0.2, 0) is 16.1 Å². The zero-order chi connectivity index (χ0) is 12.7. The smallest absolute Gasteiger partial charge is 0.320 e. The molecule has 1 atom stereocenters. The second kappa shape index (κ2) is 7.24. The average Bonchev–Trinajstić information content (AvgIpc) is 2.37. The fourth-order valence-corrected chi connectivity index (χ4v) is 1.62. The molecule has 94 valence electrons. The molecule has 1 aromatic heterocycles. The Kier molecular flexibility index (Phi) is 5.93. The lowest BCUT2D eigenvalue weighted by Gasteiger charge is -2.09. The van der Waals surface area contributed by atoms with Gasteiger partial charge in [0.1, 0.15) is 4.83 Å². The number of nitrogens with zero attached hydrogens (tertiary/aromatic N) is 1. The molecule has 17 heavy (non-hydrogen) atoms. The number of pyridine rings is 1. The third-order valence-electron chi connectivity index (χ3n) is 2.08. The quantitative estimate of drug-likeness (QED) is 0.630. The van der Waals surface area contributed by atoms with Crippen molar-refractivity contribution >= 4 is 21.9 Å². The van der Waals surface area contributed by atoms with Gasteiger partial charge in [-0.05, 0) is 6.07 Å². The lowest BCUT2D eigenvalue weighted by Crippen LogP contribution is -2.29. The zero-order valence-electron chi connectivity index (χ0n) is 9.77. The van der Waals surface area contributed by atoms with Crippen molar-refractivity contribution in [1.29, 1.82) is 0 Å². The molecule has 0 saturated carbocycles. The molecule has 0 aromatic carbocycles. The number of alkyl halides is 1. The number of nitrogens with one attached hydrogen (secondary N) is 1. The molecule has 0 radical (unpaired) electrons. The molecule has 0 saturated heterocycles. The molecule has 1 unspecified atom stereocenters. The van der Waals surface area contributed by atoms with Gasteiger partial charge < -0.3 is 14.8 Å². The number of rotatable bonds is 6. The van der Waals surface area contributed by atoms with Crippen molar-refractivity contribution in [1.82, 2.24) is 10.3 Å². The molecule has 0 bridgehead atoms. The van der Waals surface area contributed by atoms with Crippen LogP contribution in [0.3, 0.4) is 0 Å². The van der Waals surface area contributed by atoms with Gasteiger partial charge in [0.15, 0.2) is 0 Å². The van der Waals surface area contributed by atoms with Crippen molar-refractivity contribution < 1.29 is 14.3 Å². The van der Waals surface area contributed by atoms with Gasteiger partial charge in [-0.1, -0.05) is 22.0 Å². The van der Waals surface area contributed by atoms with Gasteiger partial charge in [0, 0.05) is 19.2 Å². The number of carbonyl (C=O) groups is 1. The van der Waals surface area contributed by atoms with Gasteiger partial charge >= 0.3 is 5.97 Å². The molecular weight excluding hydrogens is 288 g/mol.